The van der Waals surface area contributed by atoms with E-state index in [1.54, 1.807) is 51.4 Å². The van der Waals surface area contributed by atoms with Crippen molar-refractivity contribution in [2.45, 2.75) is 6.92 Å². The molecular formula is C14H18N2O3. The lowest BCUT2D eigenvalue weighted by Crippen LogP contribution is -2.27. The molecule has 1 aromatic carbocycles. The minimum Gasteiger partial charge on any atom is -0.463 e. The first-order chi connectivity index (χ1) is 9.02. The molecule has 5 nitrogen and oxygen atoms in total. The molecule has 0 radical (unpaired) electrons. The van der Waals surface area contributed by atoms with Gasteiger partial charge < -0.3 is 15.0 Å². The highest BCUT2D eigenvalue weighted by molar-refractivity contribution is 5.89. The Labute approximate surface area is 112 Å². The SMILES string of the molecule is CCOC(=O)/C=C/c1ccc(NC(=O)N(C)C)cc1. The Morgan fingerprint density at radius 2 is 1.89 bits per heavy atom. The van der Waals surface area contributed by atoms with Gasteiger partial charge in [-0.15, -0.1) is 0 Å². The van der Waals surface area contributed by atoms with Gasteiger partial charge in [-0.05, 0) is 30.7 Å². The molecule has 0 fully saturated rings. The van der Waals surface area contributed by atoms with E-state index in [0.717, 1.165) is 5.56 Å². The molecule has 0 unspecified atom stereocenters. The molecule has 0 atom stereocenters. The molecule has 0 aliphatic rings. The highest BCUT2D eigenvalue weighted by Crippen LogP contribution is 2.11. The summed E-state index contributed by atoms with van der Waals surface area (Å²) < 4.78 is 4.78. The third-order valence-electron chi connectivity index (χ3n) is 2.27. The fourth-order valence-corrected chi connectivity index (χ4v) is 1.27. The van der Waals surface area contributed by atoms with Gasteiger partial charge in [0.1, 0.15) is 0 Å². The number of hydrogen-bond donors (Lipinski definition) is 1. The first-order valence-corrected chi connectivity index (χ1v) is 5.96. The van der Waals surface area contributed by atoms with Crippen molar-refractivity contribution in [1.82, 2.24) is 4.90 Å². The van der Waals surface area contributed by atoms with E-state index in [9.17, 15) is 9.59 Å². The van der Waals surface area contributed by atoms with Crippen LogP contribution in [-0.4, -0.2) is 37.6 Å². The van der Waals surface area contributed by atoms with Gasteiger partial charge in [-0.1, -0.05) is 12.1 Å². The van der Waals surface area contributed by atoms with E-state index < -0.39 is 0 Å². The van der Waals surface area contributed by atoms with Crippen LogP contribution < -0.4 is 5.32 Å². The molecule has 1 N–H and O–H groups in total. The normalized spacial score (nSPS) is 10.3. The van der Waals surface area contributed by atoms with Crippen molar-refractivity contribution in [2.24, 2.45) is 0 Å². The average Bonchev–Trinajstić information content (AvgIpc) is 2.38. The van der Waals surface area contributed by atoms with Crippen LogP contribution in [0.3, 0.4) is 0 Å². The van der Waals surface area contributed by atoms with E-state index in [2.05, 4.69) is 5.32 Å². The quantitative estimate of drug-likeness (QED) is 0.669. The highest BCUT2D eigenvalue weighted by Gasteiger charge is 2.02. The van der Waals surface area contributed by atoms with Crippen LogP contribution in [0.25, 0.3) is 6.08 Å². The lowest BCUT2D eigenvalue weighted by molar-refractivity contribution is -0.137. The van der Waals surface area contributed by atoms with E-state index in [1.165, 1.54) is 11.0 Å². The van der Waals surface area contributed by atoms with E-state index in [4.69, 9.17) is 4.74 Å². The smallest absolute Gasteiger partial charge is 0.330 e. The highest BCUT2D eigenvalue weighted by atomic mass is 16.5. The molecule has 0 aliphatic heterocycles. The third kappa shape index (κ3) is 5.25. The van der Waals surface area contributed by atoms with Crippen LogP contribution in [0.2, 0.25) is 0 Å². The summed E-state index contributed by atoms with van der Waals surface area (Å²) in [7, 11) is 3.34. The molecule has 102 valence electrons. The van der Waals surface area contributed by atoms with Crippen LogP contribution in [0.4, 0.5) is 10.5 Å². The average molecular weight is 262 g/mol. The molecular weight excluding hydrogens is 244 g/mol. The van der Waals surface area contributed by atoms with Gasteiger partial charge in [-0.2, -0.15) is 0 Å². The number of carbonyl (C=O) groups is 2. The minimum atomic E-state index is -0.368. The Bertz CT molecular complexity index is 464. The molecule has 0 aromatic heterocycles. The van der Waals surface area contributed by atoms with Gasteiger partial charge in [0.25, 0.3) is 0 Å². The first-order valence-electron chi connectivity index (χ1n) is 5.96. The Morgan fingerprint density at radius 3 is 2.42 bits per heavy atom. The van der Waals surface area contributed by atoms with Crippen LogP contribution in [0.5, 0.6) is 0 Å². The van der Waals surface area contributed by atoms with Crippen molar-refractivity contribution >= 4 is 23.8 Å². The van der Waals surface area contributed by atoms with Gasteiger partial charge in [0.2, 0.25) is 0 Å². The number of esters is 1. The summed E-state index contributed by atoms with van der Waals surface area (Å²) in [5.74, 6) is -0.368. The summed E-state index contributed by atoms with van der Waals surface area (Å²) in [6.07, 6.45) is 3.03. The minimum absolute atomic E-state index is 0.185. The summed E-state index contributed by atoms with van der Waals surface area (Å²) in [4.78, 5) is 24.0. The van der Waals surface area contributed by atoms with Gasteiger partial charge in [-0.25, -0.2) is 9.59 Å². The van der Waals surface area contributed by atoms with Crippen molar-refractivity contribution in [3.63, 3.8) is 0 Å². The van der Waals surface area contributed by atoms with Gasteiger partial charge in [-0.3, -0.25) is 0 Å². The fourth-order valence-electron chi connectivity index (χ4n) is 1.27. The van der Waals surface area contributed by atoms with Crippen molar-refractivity contribution in [3.8, 4) is 0 Å². The number of amides is 2. The standard InChI is InChI=1S/C14H18N2O3/c1-4-19-13(17)10-7-11-5-8-12(9-6-11)15-14(18)16(2)3/h5-10H,4H2,1-3H3,(H,15,18)/b10-7+. The predicted molar refractivity (Wildman–Crippen MR) is 74.8 cm³/mol. The van der Waals surface area contributed by atoms with Crippen LogP contribution in [0.1, 0.15) is 12.5 Å². The van der Waals surface area contributed by atoms with Gasteiger partial charge in [0.15, 0.2) is 0 Å². The monoisotopic (exact) mass is 262 g/mol. The zero-order valence-corrected chi connectivity index (χ0v) is 11.3. The van der Waals surface area contributed by atoms with Crippen molar-refractivity contribution in [3.05, 3.63) is 35.9 Å². The Balaban J connectivity index is 2.61. The maximum Gasteiger partial charge on any atom is 0.330 e. The molecule has 1 aromatic rings. The second kappa shape index (κ2) is 7.20. The van der Waals surface area contributed by atoms with Crippen molar-refractivity contribution in [2.75, 3.05) is 26.0 Å². The summed E-state index contributed by atoms with van der Waals surface area (Å²) in [6.45, 7) is 2.12. The zero-order chi connectivity index (χ0) is 14.3. The molecule has 0 heterocycles. The Morgan fingerprint density at radius 1 is 1.26 bits per heavy atom. The lowest BCUT2D eigenvalue weighted by atomic mass is 10.2. The molecule has 5 heteroatoms. The number of rotatable bonds is 4. The topological polar surface area (TPSA) is 58.6 Å². The number of ether oxygens (including phenoxy) is 1. The molecule has 0 aliphatic carbocycles. The number of hydrogen-bond acceptors (Lipinski definition) is 3. The molecule has 1 rings (SSSR count). The lowest BCUT2D eigenvalue weighted by Gasteiger charge is -2.11. The number of nitrogens with zero attached hydrogens (tertiary/aromatic N) is 1. The maximum atomic E-state index is 11.4. The summed E-state index contributed by atoms with van der Waals surface area (Å²) in [5.41, 5.74) is 1.56. The van der Waals surface area contributed by atoms with Gasteiger partial charge >= 0.3 is 12.0 Å². The Hall–Kier alpha value is -2.30. The first kappa shape index (κ1) is 14.8. The fraction of sp³-hybridized carbons (Fsp3) is 0.286. The predicted octanol–water partition coefficient (Wildman–Crippen LogP) is 2.36. The second-order valence-corrected chi connectivity index (χ2v) is 4.03. The second-order valence-electron chi connectivity index (χ2n) is 4.03. The largest absolute Gasteiger partial charge is 0.463 e. The number of urea groups is 1. The van der Waals surface area contributed by atoms with Crippen molar-refractivity contribution in [1.29, 1.82) is 0 Å². The van der Waals surface area contributed by atoms with Gasteiger partial charge in [0, 0.05) is 25.9 Å². The van der Waals surface area contributed by atoms with Crippen LogP contribution in [-0.2, 0) is 9.53 Å². The Kier molecular flexibility index (Phi) is 5.60. The molecule has 0 spiro atoms. The summed E-state index contributed by atoms with van der Waals surface area (Å²) in [5, 5.41) is 2.73. The molecule has 0 bridgehead atoms. The molecule has 0 saturated carbocycles. The van der Waals surface area contributed by atoms with E-state index in [-0.39, 0.29) is 12.0 Å². The van der Waals surface area contributed by atoms with Crippen LogP contribution in [0, 0.1) is 0 Å². The number of nitrogens with one attached hydrogen (secondary N) is 1. The third-order valence-corrected chi connectivity index (χ3v) is 2.27. The molecule has 19 heavy (non-hydrogen) atoms. The molecule has 0 saturated heterocycles. The zero-order valence-electron chi connectivity index (χ0n) is 11.3. The van der Waals surface area contributed by atoms with E-state index >= 15 is 0 Å². The summed E-state index contributed by atoms with van der Waals surface area (Å²) in [6, 6.07) is 6.97. The van der Waals surface area contributed by atoms with Gasteiger partial charge in [0.05, 0.1) is 6.61 Å². The van der Waals surface area contributed by atoms with Crippen LogP contribution in [0.15, 0.2) is 30.3 Å². The van der Waals surface area contributed by atoms with Crippen molar-refractivity contribution < 1.29 is 14.3 Å². The maximum absolute atomic E-state index is 11.4. The van der Waals surface area contributed by atoms with Crippen LogP contribution >= 0.6 is 0 Å². The summed E-state index contributed by atoms with van der Waals surface area (Å²) >= 11 is 0. The van der Waals surface area contributed by atoms with E-state index in [0.29, 0.717) is 12.3 Å². The number of anilines is 1. The van der Waals surface area contributed by atoms with E-state index in [1.807, 2.05) is 0 Å². The number of carbonyl (C=O) groups excluding carboxylic acids is 2. The molecule has 2 amide bonds. The number of benzene rings is 1.